The topological polar surface area (TPSA) is 89.0 Å². The minimum atomic E-state index is -0.372. The van der Waals surface area contributed by atoms with E-state index >= 15 is 0 Å². The second-order valence-electron chi connectivity index (χ2n) is 6.14. The van der Waals surface area contributed by atoms with E-state index in [1.165, 1.54) is 0 Å². The van der Waals surface area contributed by atoms with Crippen LogP contribution in [0.5, 0.6) is 5.75 Å². The van der Waals surface area contributed by atoms with Crippen LogP contribution < -0.4 is 15.4 Å². The first-order valence-corrected chi connectivity index (χ1v) is 10.1. The third-order valence-corrected chi connectivity index (χ3v) is 4.68. The van der Waals surface area contributed by atoms with Crippen molar-refractivity contribution in [1.29, 1.82) is 0 Å². The number of amides is 1. The van der Waals surface area contributed by atoms with Crippen LogP contribution in [0.2, 0.25) is 5.02 Å². The van der Waals surface area contributed by atoms with Gasteiger partial charge in [-0.2, -0.15) is 15.0 Å². The van der Waals surface area contributed by atoms with Crippen molar-refractivity contribution >= 4 is 41.0 Å². The van der Waals surface area contributed by atoms with Crippen LogP contribution in [0.1, 0.15) is 51.2 Å². The average Bonchev–Trinajstić information content (AvgIpc) is 2.70. The molecule has 1 heterocycles. The van der Waals surface area contributed by atoms with Crippen LogP contribution in [0.3, 0.4) is 0 Å². The molecule has 152 valence electrons. The number of aromatic nitrogens is 3. The molecule has 2 unspecified atom stereocenters. The van der Waals surface area contributed by atoms with Gasteiger partial charge >= 0.3 is 0 Å². The fraction of sp³-hybridized carbons (Fsp3) is 0.474. The average molecular weight is 426 g/mol. The molecule has 0 saturated heterocycles. The summed E-state index contributed by atoms with van der Waals surface area (Å²) < 4.78 is 5.81. The molecule has 2 aromatic rings. The second kappa shape index (κ2) is 11.0. The Balaban J connectivity index is 2.13. The number of carbonyl (C=O) groups excluding carboxylic acids is 1. The summed E-state index contributed by atoms with van der Waals surface area (Å²) in [6.45, 7) is 6.11. The fourth-order valence-electron chi connectivity index (χ4n) is 2.25. The van der Waals surface area contributed by atoms with Gasteiger partial charge in [-0.25, -0.2) is 0 Å². The van der Waals surface area contributed by atoms with Crippen molar-refractivity contribution in [2.24, 2.45) is 0 Å². The van der Waals surface area contributed by atoms with Gasteiger partial charge < -0.3 is 10.1 Å². The molecule has 2 atom stereocenters. The molecule has 1 aromatic carbocycles. The number of halogens is 2. The van der Waals surface area contributed by atoms with Gasteiger partial charge in [0.25, 0.3) is 0 Å². The first-order valence-electron chi connectivity index (χ1n) is 9.29. The van der Waals surface area contributed by atoms with E-state index < -0.39 is 0 Å². The predicted octanol–water partition coefficient (Wildman–Crippen LogP) is 4.83. The van der Waals surface area contributed by atoms with Gasteiger partial charge in [-0.3, -0.25) is 10.1 Å². The number of alkyl halides is 1. The standard InChI is InChI=1S/C19H25Cl2N5O2/c1-4-13(11-28-14-9-7-8-12(20)10-14)22-18-24-17(15(21)5-2)25-19(26-18)23-16(27)6-3/h7-10,13,15H,4-6,11H2,1-3H3,(H2,22,23,24,25,26,27). The lowest BCUT2D eigenvalue weighted by molar-refractivity contribution is -0.115. The Morgan fingerprint density at radius 2 is 1.89 bits per heavy atom. The lowest BCUT2D eigenvalue weighted by Crippen LogP contribution is -2.28. The highest BCUT2D eigenvalue weighted by Gasteiger charge is 2.17. The number of nitrogens with one attached hydrogen (secondary N) is 2. The van der Waals surface area contributed by atoms with Gasteiger partial charge in [0.15, 0.2) is 5.82 Å². The monoisotopic (exact) mass is 425 g/mol. The number of hydrogen-bond acceptors (Lipinski definition) is 6. The van der Waals surface area contributed by atoms with Gasteiger partial charge in [0, 0.05) is 11.4 Å². The normalized spacial score (nSPS) is 12.9. The minimum absolute atomic E-state index is 0.0561. The summed E-state index contributed by atoms with van der Waals surface area (Å²) >= 11 is 12.3. The summed E-state index contributed by atoms with van der Waals surface area (Å²) in [6.07, 6.45) is 1.75. The third-order valence-electron chi connectivity index (χ3n) is 3.94. The first kappa shape index (κ1) is 22.2. The largest absolute Gasteiger partial charge is 0.491 e. The lowest BCUT2D eigenvalue weighted by Gasteiger charge is -2.19. The molecule has 0 aliphatic carbocycles. The van der Waals surface area contributed by atoms with E-state index in [4.69, 9.17) is 27.9 Å². The molecule has 0 aliphatic rings. The minimum Gasteiger partial charge on any atom is -0.491 e. The molecule has 1 amide bonds. The molecule has 0 aliphatic heterocycles. The second-order valence-corrected chi connectivity index (χ2v) is 7.10. The summed E-state index contributed by atoms with van der Waals surface area (Å²) in [7, 11) is 0. The van der Waals surface area contributed by atoms with Crippen molar-refractivity contribution in [3.8, 4) is 5.75 Å². The summed E-state index contributed by atoms with van der Waals surface area (Å²) in [5.74, 6) is 1.45. The van der Waals surface area contributed by atoms with E-state index in [-0.39, 0.29) is 23.3 Å². The van der Waals surface area contributed by atoms with Crippen LogP contribution >= 0.6 is 23.2 Å². The molecule has 1 aromatic heterocycles. The van der Waals surface area contributed by atoms with Crippen LogP contribution in [0.25, 0.3) is 0 Å². The van der Waals surface area contributed by atoms with Crippen LogP contribution in [0, 0.1) is 0 Å². The van der Waals surface area contributed by atoms with Gasteiger partial charge in [0.05, 0.1) is 11.4 Å². The van der Waals surface area contributed by atoms with E-state index in [1.54, 1.807) is 19.1 Å². The molecule has 7 nitrogen and oxygen atoms in total. The maximum Gasteiger partial charge on any atom is 0.234 e. The number of nitrogens with zero attached hydrogens (tertiary/aromatic N) is 3. The Hall–Kier alpha value is -2.12. The summed E-state index contributed by atoms with van der Waals surface area (Å²) in [6, 6.07) is 7.17. The van der Waals surface area contributed by atoms with Gasteiger partial charge in [0.2, 0.25) is 17.8 Å². The smallest absolute Gasteiger partial charge is 0.234 e. The maximum atomic E-state index is 11.7. The van der Waals surface area contributed by atoms with Crippen molar-refractivity contribution in [1.82, 2.24) is 15.0 Å². The lowest BCUT2D eigenvalue weighted by atomic mass is 10.2. The fourth-order valence-corrected chi connectivity index (χ4v) is 2.52. The van der Waals surface area contributed by atoms with Crippen LogP contribution in [0.15, 0.2) is 24.3 Å². The van der Waals surface area contributed by atoms with Crippen molar-refractivity contribution < 1.29 is 9.53 Å². The highest BCUT2D eigenvalue weighted by atomic mass is 35.5. The summed E-state index contributed by atoms with van der Waals surface area (Å²) in [5.41, 5.74) is 0. The Bertz CT molecular complexity index is 791. The van der Waals surface area contributed by atoms with Crippen LogP contribution in [-0.4, -0.2) is 33.5 Å². The van der Waals surface area contributed by atoms with E-state index in [9.17, 15) is 4.79 Å². The number of rotatable bonds is 10. The van der Waals surface area contributed by atoms with Gasteiger partial charge in [0.1, 0.15) is 12.4 Å². The quantitative estimate of drug-likeness (QED) is 0.529. The van der Waals surface area contributed by atoms with Crippen molar-refractivity contribution in [2.75, 3.05) is 17.2 Å². The molecule has 9 heteroatoms. The van der Waals surface area contributed by atoms with E-state index in [0.717, 1.165) is 6.42 Å². The third kappa shape index (κ3) is 6.80. The van der Waals surface area contributed by atoms with Crippen molar-refractivity contribution in [3.63, 3.8) is 0 Å². The Kier molecular flexibility index (Phi) is 8.73. The zero-order valence-electron chi connectivity index (χ0n) is 16.2. The number of anilines is 2. The molecule has 0 fully saturated rings. The highest BCUT2D eigenvalue weighted by Crippen LogP contribution is 2.23. The SMILES string of the molecule is CCC(=O)Nc1nc(NC(CC)COc2cccc(Cl)c2)nc(C(Cl)CC)n1. The Morgan fingerprint density at radius 1 is 1.14 bits per heavy atom. The van der Waals surface area contributed by atoms with Gasteiger partial charge in [-0.05, 0) is 31.0 Å². The highest BCUT2D eigenvalue weighted by molar-refractivity contribution is 6.30. The van der Waals surface area contributed by atoms with Gasteiger partial charge in [-0.1, -0.05) is 38.4 Å². The molecule has 2 N–H and O–H groups in total. The van der Waals surface area contributed by atoms with E-state index in [2.05, 4.69) is 25.6 Å². The molecule has 0 radical (unpaired) electrons. The zero-order chi connectivity index (χ0) is 20.5. The molecule has 0 bridgehead atoms. The number of carbonyl (C=O) groups is 1. The summed E-state index contributed by atoms with van der Waals surface area (Å²) in [4.78, 5) is 24.7. The zero-order valence-corrected chi connectivity index (χ0v) is 17.7. The van der Waals surface area contributed by atoms with Gasteiger partial charge in [-0.15, -0.1) is 11.6 Å². The Morgan fingerprint density at radius 3 is 2.54 bits per heavy atom. The molecular formula is C19H25Cl2N5O2. The molecule has 2 rings (SSSR count). The van der Waals surface area contributed by atoms with Crippen LogP contribution in [-0.2, 0) is 4.79 Å². The Labute approximate surface area is 175 Å². The van der Waals surface area contributed by atoms with E-state index in [1.807, 2.05) is 26.0 Å². The summed E-state index contributed by atoms with van der Waals surface area (Å²) in [5, 5.41) is 6.14. The predicted molar refractivity (Wildman–Crippen MR) is 112 cm³/mol. The van der Waals surface area contributed by atoms with Crippen LogP contribution in [0.4, 0.5) is 11.9 Å². The number of benzene rings is 1. The molecule has 28 heavy (non-hydrogen) atoms. The van der Waals surface area contributed by atoms with Crippen molar-refractivity contribution in [3.05, 3.63) is 35.1 Å². The molecule has 0 spiro atoms. The number of hydrogen-bond donors (Lipinski definition) is 2. The number of ether oxygens (including phenoxy) is 1. The van der Waals surface area contributed by atoms with E-state index in [0.29, 0.717) is 42.0 Å². The van der Waals surface area contributed by atoms with Crippen molar-refractivity contribution in [2.45, 2.75) is 51.5 Å². The maximum absolute atomic E-state index is 11.7. The molecular weight excluding hydrogens is 401 g/mol. The molecule has 0 saturated carbocycles. The first-order chi connectivity index (χ1) is 13.4.